The molecule has 4 rings (SSSR count). The number of hydrogen-bond acceptors (Lipinski definition) is 7. The summed E-state index contributed by atoms with van der Waals surface area (Å²) in [4.78, 5) is 33.6. The number of fused-ring (bicyclic) bond motifs is 1. The molecule has 4 heterocycles. The predicted octanol–water partition coefficient (Wildman–Crippen LogP) is 0.514. The maximum absolute atomic E-state index is 13.2. The zero-order valence-electron chi connectivity index (χ0n) is 16.7. The minimum absolute atomic E-state index is 0.0215. The average Bonchev–Trinajstić information content (AvgIpc) is 3.40. The maximum atomic E-state index is 13.2. The Balaban J connectivity index is 1.48. The zero-order chi connectivity index (χ0) is 20.5. The summed E-state index contributed by atoms with van der Waals surface area (Å²) in [5, 5.41) is 8.01. The summed E-state index contributed by atoms with van der Waals surface area (Å²) in [6.07, 6.45) is 2.94. The number of hydrogen-bond donors (Lipinski definition) is 0. The summed E-state index contributed by atoms with van der Waals surface area (Å²) >= 11 is 0. The quantitative estimate of drug-likeness (QED) is 0.696. The molecule has 0 N–H and O–H groups in total. The second-order valence-electron chi connectivity index (χ2n) is 7.25. The van der Waals surface area contributed by atoms with Gasteiger partial charge in [-0.05, 0) is 19.4 Å². The normalized spacial score (nSPS) is 20.9. The van der Waals surface area contributed by atoms with E-state index in [1.54, 1.807) is 21.7 Å². The highest BCUT2D eigenvalue weighted by molar-refractivity contribution is 5.97. The van der Waals surface area contributed by atoms with Gasteiger partial charge in [-0.15, -0.1) is 5.10 Å². The molecule has 2 amide bonds. The third kappa shape index (κ3) is 3.50. The van der Waals surface area contributed by atoms with Gasteiger partial charge in [0.1, 0.15) is 5.56 Å². The first-order valence-corrected chi connectivity index (χ1v) is 9.58. The van der Waals surface area contributed by atoms with Crippen LogP contribution in [0.1, 0.15) is 28.9 Å². The van der Waals surface area contributed by atoms with E-state index in [1.807, 2.05) is 18.0 Å². The second kappa shape index (κ2) is 7.69. The monoisotopic (exact) mass is 400 g/mol. The number of pyridine rings is 1. The maximum Gasteiger partial charge on any atom is 0.259 e. The SMILES string of the molecule is COc1ccc(C(=O)N2CC[C@H]3[C@@H]2CC(=O)N3CCn2cc(C)nn2)c(OC)n1. The minimum atomic E-state index is -0.175. The van der Waals surface area contributed by atoms with Crippen LogP contribution in [0.3, 0.4) is 0 Å². The second-order valence-corrected chi connectivity index (χ2v) is 7.25. The van der Waals surface area contributed by atoms with Crippen LogP contribution in [-0.4, -0.2) is 81.0 Å². The smallest absolute Gasteiger partial charge is 0.259 e. The van der Waals surface area contributed by atoms with E-state index in [1.165, 1.54) is 14.2 Å². The molecule has 0 aromatic carbocycles. The predicted molar refractivity (Wildman–Crippen MR) is 102 cm³/mol. The lowest BCUT2D eigenvalue weighted by Crippen LogP contribution is -2.41. The number of rotatable bonds is 6. The highest BCUT2D eigenvalue weighted by Crippen LogP contribution is 2.34. The molecule has 0 radical (unpaired) electrons. The van der Waals surface area contributed by atoms with Crippen LogP contribution in [0, 0.1) is 6.92 Å². The van der Waals surface area contributed by atoms with Crippen LogP contribution in [0.25, 0.3) is 0 Å². The number of carbonyl (C=O) groups excluding carboxylic acids is 2. The summed E-state index contributed by atoms with van der Waals surface area (Å²) in [5.41, 5.74) is 1.22. The van der Waals surface area contributed by atoms with Crippen molar-refractivity contribution in [3.05, 3.63) is 29.6 Å². The Morgan fingerprint density at radius 3 is 2.72 bits per heavy atom. The van der Waals surface area contributed by atoms with E-state index in [0.717, 1.165) is 12.1 Å². The van der Waals surface area contributed by atoms with Crippen LogP contribution in [-0.2, 0) is 11.3 Å². The number of carbonyl (C=O) groups is 2. The van der Waals surface area contributed by atoms with Crippen molar-refractivity contribution in [3.8, 4) is 11.8 Å². The molecule has 154 valence electrons. The molecule has 0 spiro atoms. The first-order valence-electron chi connectivity index (χ1n) is 9.58. The molecule has 0 unspecified atom stereocenters. The zero-order valence-corrected chi connectivity index (χ0v) is 16.7. The van der Waals surface area contributed by atoms with E-state index in [2.05, 4.69) is 15.3 Å². The van der Waals surface area contributed by atoms with Crippen LogP contribution in [0.15, 0.2) is 18.3 Å². The topological polar surface area (TPSA) is 103 Å². The van der Waals surface area contributed by atoms with Gasteiger partial charge in [-0.3, -0.25) is 14.3 Å². The van der Waals surface area contributed by atoms with Crippen molar-refractivity contribution in [1.82, 2.24) is 29.8 Å². The van der Waals surface area contributed by atoms with Gasteiger partial charge >= 0.3 is 0 Å². The van der Waals surface area contributed by atoms with Crippen molar-refractivity contribution >= 4 is 11.8 Å². The fourth-order valence-electron chi connectivity index (χ4n) is 4.20. The number of aryl methyl sites for hydroxylation is 1. The summed E-state index contributed by atoms with van der Waals surface area (Å²) in [5.74, 6) is 0.490. The van der Waals surface area contributed by atoms with Gasteiger partial charge in [0.15, 0.2) is 0 Å². The number of ether oxygens (including phenoxy) is 2. The molecule has 2 atom stereocenters. The number of methoxy groups -OCH3 is 2. The molecule has 2 aromatic heterocycles. The van der Waals surface area contributed by atoms with Gasteiger partial charge in [-0.1, -0.05) is 5.21 Å². The van der Waals surface area contributed by atoms with Crippen LogP contribution in [0.5, 0.6) is 11.8 Å². The summed E-state index contributed by atoms with van der Waals surface area (Å²) in [7, 11) is 2.98. The van der Waals surface area contributed by atoms with Crippen LogP contribution >= 0.6 is 0 Å². The van der Waals surface area contributed by atoms with Crippen LogP contribution in [0.4, 0.5) is 0 Å². The summed E-state index contributed by atoms with van der Waals surface area (Å²) in [6, 6.07) is 3.17. The fraction of sp³-hybridized carbons (Fsp3) is 0.526. The highest BCUT2D eigenvalue weighted by Gasteiger charge is 2.48. The fourth-order valence-corrected chi connectivity index (χ4v) is 4.20. The summed E-state index contributed by atoms with van der Waals surface area (Å²) < 4.78 is 12.1. The molecule has 10 heteroatoms. The largest absolute Gasteiger partial charge is 0.481 e. The Hall–Kier alpha value is -3.17. The van der Waals surface area contributed by atoms with Gasteiger partial charge in [0.2, 0.25) is 17.7 Å². The van der Waals surface area contributed by atoms with E-state index >= 15 is 0 Å². The molecule has 10 nitrogen and oxygen atoms in total. The van der Waals surface area contributed by atoms with Gasteiger partial charge in [-0.2, -0.15) is 4.98 Å². The number of nitrogens with zero attached hydrogens (tertiary/aromatic N) is 6. The lowest BCUT2D eigenvalue weighted by atomic mass is 10.1. The molecule has 2 aliphatic heterocycles. The van der Waals surface area contributed by atoms with Crippen molar-refractivity contribution in [3.63, 3.8) is 0 Å². The first kappa shape index (κ1) is 19.2. The van der Waals surface area contributed by atoms with Crippen molar-refractivity contribution in [2.75, 3.05) is 27.3 Å². The molecule has 2 aromatic rings. The molecule has 29 heavy (non-hydrogen) atoms. The van der Waals surface area contributed by atoms with E-state index in [9.17, 15) is 9.59 Å². The van der Waals surface area contributed by atoms with Gasteiger partial charge in [0.05, 0.1) is 38.5 Å². The van der Waals surface area contributed by atoms with Gasteiger partial charge in [0, 0.05) is 31.8 Å². The molecule has 2 saturated heterocycles. The molecule has 0 bridgehead atoms. The molecule has 0 saturated carbocycles. The average molecular weight is 400 g/mol. The van der Waals surface area contributed by atoms with E-state index < -0.39 is 0 Å². The van der Waals surface area contributed by atoms with Crippen molar-refractivity contribution < 1.29 is 19.1 Å². The highest BCUT2D eigenvalue weighted by atomic mass is 16.5. The molecule has 2 fully saturated rings. The standard InChI is InChI=1S/C19H24N6O4/c1-12-11-23(22-21-12)8-9-24-14-6-7-25(15(14)10-17(24)26)19(27)13-4-5-16(28-2)20-18(13)29-3/h4-5,11,14-15H,6-10H2,1-3H3/t14-,15-/m0/s1. The van der Waals surface area contributed by atoms with E-state index in [4.69, 9.17) is 9.47 Å². The van der Waals surface area contributed by atoms with Crippen molar-refractivity contribution in [1.29, 1.82) is 0 Å². The van der Waals surface area contributed by atoms with Crippen molar-refractivity contribution in [2.24, 2.45) is 0 Å². The lowest BCUT2D eigenvalue weighted by molar-refractivity contribution is -0.129. The number of aromatic nitrogens is 4. The number of amides is 2. The third-order valence-electron chi connectivity index (χ3n) is 5.57. The first-order chi connectivity index (χ1) is 14.0. The van der Waals surface area contributed by atoms with Crippen LogP contribution in [0.2, 0.25) is 0 Å². The lowest BCUT2D eigenvalue weighted by Gasteiger charge is -2.25. The van der Waals surface area contributed by atoms with E-state index in [-0.39, 0.29) is 29.8 Å². The molecular formula is C19H24N6O4. The Bertz CT molecular complexity index is 929. The van der Waals surface area contributed by atoms with E-state index in [0.29, 0.717) is 37.5 Å². The number of likely N-dealkylation sites (tertiary alicyclic amines) is 2. The Morgan fingerprint density at radius 2 is 2.03 bits per heavy atom. The molecular weight excluding hydrogens is 376 g/mol. The Kier molecular flexibility index (Phi) is 5.08. The van der Waals surface area contributed by atoms with Crippen molar-refractivity contribution in [2.45, 2.75) is 38.4 Å². The Labute approximate surface area is 168 Å². The summed E-state index contributed by atoms with van der Waals surface area (Å²) in [6.45, 7) is 3.61. The third-order valence-corrected chi connectivity index (χ3v) is 5.57. The Morgan fingerprint density at radius 1 is 1.21 bits per heavy atom. The minimum Gasteiger partial charge on any atom is -0.481 e. The van der Waals surface area contributed by atoms with Gasteiger partial charge in [0.25, 0.3) is 5.91 Å². The van der Waals surface area contributed by atoms with Gasteiger partial charge in [-0.25, -0.2) is 0 Å². The van der Waals surface area contributed by atoms with Crippen LogP contribution < -0.4 is 9.47 Å². The van der Waals surface area contributed by atoms with Gasteiger partial charge < -0.3 is 19.3 Å². The molecule has 0 aliphatic carbocycles. The molecule has 2 aliphatic rings.